The van der Waals surface area contributed by atoms with Crippen LogP contribution in [0.15, 0.2) is 36.4 Å². The highest BCUT2D eigenvalue weighted by Gasteiger charge is 2.36. The number of hydrogen-bond donors (Lipinski definition) is 1. The molecule has 2 aliphatic rings. The number of rotatable bonds is 3. The summed E-state index contributed by atoms with van der Waals surface area (Å²) < 4.78 is 26.6. The number of amides is 3. The molecule has 8 heteroatoms. The Bertz CT molecular complexity index is 1000. The van der Waals surface area contributed by atoms with Crippen LogP contribution in [0.5, 0.6) is 0 Å². The van der Waals surface area contributed by atoms with E-state index in [-0.39, 0.29) is 30.5 Å². The zero-order chi connectivity index (χ0) is 20.7. The van der Waals surface area contributed by atoms with Crippen LogP contribution >= 0.6 is 0 Å². The molecule has 4 rings (SSSR count). The Hall–Kier alpha value is -3.29. The van der Waals surface area contributed by atoms with Gasteiger partial charge in [0, 0.05) is 49.6 Å². The molecule has 0 saturated carbocycles. The highest BCUT2D eigenvalue weighted by Crippen LogP contribution is 2.34. The Balaban J connectivity index is 1.48. The van der Waals surface area contributed by atoms with Crippen LogP contribution in [0.25, 0.3) is 0 Å². The number of benzene rings is 2. The van der Waals surface area contributed by atoms with Gasteiger partial charge in [-0.2, -0.15) is 0 Å². The molecule has 0 bridgehead atoms. The van der Waals surface area contributed by atoms with Crippen molar-refractivity contribution < 1.29 is 23.2 Å². The summed E-state index contributed by atoms with van der Waals surface area (Å²) in [5.41, 5.74) is 2.51. The first-order valence-electron chi connectivity index (χ1n) is 9.30. The zero-order valence-corrected chi connectivity index (χ0v) is 15.7. The molecule has 1 N–H and O–H groups in total. The van der Waals surface area contributed by atoms with Crippen LogP contribution in [0.2, 0.25) is 0 Å². The van der Waals surface area contributed by atoms with Gasteiger partial charge in [0.05, 0.1) is 5.92 Å². The van der Waals surface area contributed by atoms with Gasteiger partial charge >= 0.3 is 0 Å². The van der Waals surface area contributed by atoms with Crippen LogP contribution in [-0.2, 0) is 20.8 Å². The predicted octanol–water partition coefficient (Wildman–Crippen LogP) is 2.87. The molecule has 150 valence electrons. The number of anilines is 3. The molecule has 0 radical (unpaired) electrons. The second-order valence-corrected chi connectivity index (χ2v) is 7.29. The van der Waals surface area contributed by atoms with E-state index in [1.165, 1.54) is 11.8 Å². The van der Waals surface area contributed by atoms with Crippen molar-refractivity contribution in [2.24, 2.45) is 5.92 Å². The zero-order valence-electron chi connectivity index (χ0n) is 15.7. The van der Waals surface area contributed by atoms with Crippen LogP contribution < -0.4 is 15.1 Å². The first kappa shape index (κ1) is 19.0. The van der Waals surface area contributed by atoms with Crippen LogP contribution in [0, 0.1) is 17.6 Å². The normalized spacial score (nSPS) is 18.2. The highest BCUT2D eigenvalue weighted by atomic mass is 19.1. The number of halogens is 2. The van der Waals surface area contributed by atoms with Gasteiger partial charge in [0.1, 0.15) is 11.6 Å². The third kappa shape index (κ3) is 3.70. The molecule has 1 unspecified atom stereocenters. The Morgan fingerprint density at radius 1 is 1.10 bits per heavy atom. The highest BCUT2D eigenvalue weighted by molar-refractivity contribution is 6.04. The maximum Gasteiger partial charge on any atom is 0.229 e. The summed E-state index contributed by atoms with van der Waals surface area (Å²) in [4.78, 5) is 39.9. The summed E-state index contributed by atoms with van der Waals surface area (Å²) in [5.74, 6) is -2.90. The molecule has 2 heterocycles. The van der Waals surface area contributed by atoms with Gasteiger partial charge in [0.25, 0.3) is 0 Å². The molecule has 2 aromatic carbocycles. The first-order chi connectivity index (χ1) is 13.8. The predicted molar refractivity (Wildman–Crippen MR) is 104 cm³/mol. The molecule has 1 saturated heterocycles. The minimum absolute atomic E-state index is 0.0141. The number of carbonyl (C=O) groups excluding carboxylic acids is 3. The summed E-state index contributed by atoms with van der Waals surface area (Å²) in [6, 6.07) is 8.22. The number of nitrogens with zero attached hydrogens (tertiary/aromatic N) is 2. The van der Waals surface area contributed by atoms with Crippen molar-refractivity contribution in [2.75, 3.05) is 28.2 Å². The van der Waals surface area contributed by atoms with E-state index in [0.29, 0.717) is 18.7 Å². The van der Waals surface area contributed by atoms with Gasteiger partial charge in [-0.25, -0.2) is 8.78 Å². The molecular formula is C21H19F2N3O3. The molecule has 0 aliphatic carbocycles. The van der Waals surface area contributed by atoms with Gasteiger partial charge in [-0.15, -0.1) is 0 Å². The van der Waals surface area contributed by atoms with Crippen molar-refractivity contribution in [1.82, 2.24) is 0 Å². The Morgan fingerprint density at radius 3 is 2.52 bits per heavy atom. The third-order valence-corrected chi connectivity index (χ3v) is 5.28. The molecule has 0 aromatic heterocycles. The number of hydrogen-bond acceptors (Lipinski definition) is 3. The van der Waals surface area contributed by atoms with Crippen molar-refractivity contribution in [3.63, 3.8) is 0 Å². The van der Waals surface area contributed by atoms with E-state index in [2.05, 4.69) is 5.32 Å². The van der Waals surface area contributed by atoms with Crippen molar-refractivity contribution >= 4 is 34.8 Å². The van der Waals surface area contributed by atoms with E-state index >= 15 is 0 Å². The molecule has 1 fully saturated rings. The van der Waals surface area contributed by atoms with E-state index in [1.54, 1.807) is 11.0 Å². The first-order valence-corrected chi connectivity index (χ1v) is 9.30. The fourth-order valence-electron chi connectivity index (χ4n) is 3.89. The molecule has 0 spiro atoms. The number of nitrogens with one attached hydrogen (secondary N) is 1. The molecule has 3 amide bonds. The van der Waals surface area contributed by atoms with Gasteiger partial charge in [-0.1, -0.05) is 0 Å². The molecule has 29 heavy (non-hydrogen) atoms. The lowest BCUT2D eigenvalue weighted by Gasteiger charge is -2.19. The number of fused-ring (bicyclic) bond motifs is 1. The standard InChI is InChI=1S/C21H19F2N3O3/c1-12(27)25-5-4-13-6-18(2-3-19(13)25)26-11-14(7-20(26)28)21(29)24-17-9-15(22)8-16(23)10-17/h2-3,6,8-10,14H,4-5,7,11H2,1H3,(H,24,29). The van der Waals surface area contributed by atoms with Crippen LogP contribution in [0.3, 0.4) is 0 Å². The van der Waals surface area contributed by atoms with E-state index in [4.69, 9.17) is 0 Å². The topological polar surface area (TPSA) is 69.7 Å². The average molecular weight is 399 g/mol. The van der Waals surface area contributed by atoms with E-state index in [9.17, 15) is 23.2 Å². The van der Waals surface area contributed by atoms with Gasteiger partial charge in [-0.05, 0) is 42.3 Å². The molecular weight excluding hydrogens is 380 g/mol. The summed E-state index contributed by atoms with van der Waals surface area (Å²) in [6.07, 6.45) is 0.722. The van der Waals surface area contributed by atoms with Crippen molar-refractivity contribution in [2.45, 2.75) is 19.8 Å². The second-order valence-electron chi connectivity index (χ2n) is 7.29. The summed E-state index contributed by atoms with van der Waals surface area (Å²) in [7, 11) is 0. The fourth-order valence-corrected chi connectivity index (χ4v) is 3.89. The summed E-state index contributed by atoms with van der Waals surface area (Å²) >= 11 is 0. The van der Waals surface area contributed by atoms with Gasteiger partial charge in [0.2, 0.25) is 17.7 Å². The van der Waals surface area contributed by atoms with Crippen LogP contribution in [0.4, 0.5) is 25.8 Å². The monoisotopic (exact) mass is 399 g/mol. The van der Waals surface area contributed by atoms with E-state index in [0.717, 1.165) is 29.4 Å². The molecule has 6 nitrogen and oxygen atoms in total. The van der Waals surface area contributed by atoms with Gasteiger partial charge < -0.3 is 15.1 Å². The molecule has 1 atom stereocenters. The fraction of sp³-hybridized carbons (Fsp3) is 0.286. The minimum Gasteiger partial charge on any atom is -0.326 e. The molecule has 2 aromatic rings. The lowest BCUT2D eigenvalue weighted by atomic mass is 10.1. The van der Waals surface area contributed by atoms with E-state index < -0.39 is 23.5 Å². The van der Waals surface area contributed by atoms with Crippen molar-refractivity contribution in [1.29, 1.82) is 0 Å². The van der Waals surface area contributed by atoms with Crippen molar-refractivity contribution in [3.8, 4) is 0 Å². The van der Waals surface area contributed by atoms with Crippen LogP contribution in [0.1, 0.15) is 18.9 Å². The smallest absolute Gasteiger partial charge is 0.229 e. The lowest BCUT2D eigenvalue weighted by Crippen LogP contribution is -2.28. The molecule has 2 aliphatic heterocycles. The van der Waals surface area contributed by atoms with Gasteiger partial charge in [0.15, 0.2) is 0 Å². The Kier molecular flexibility index (Phi) is 4.77. The van der Waals surface area contributed by atoms with Crippen molar-refractivity contribution in [3.05, 3.63) is 53.6 Å². The average Bonchev–Trinajstić information content (AvgIpc) is 3.23. The van der Waals surface area contributed by atoms with Crippen LogP contribution in [-0.4, -0.2) is 30.8 Å². The SMILES string of the molecule is CC(=O)N1CCc2cc(N3CC(C(=O)Nc4cc(F)cc(F)c4)CC3=O)ccc21. The lowest BCUT2D eigenvalue weighted by molar-refractivity contribution is -0.122. The van der Waals surface area contributed by atoms with E-state index in [1.807, 2.05) is 12.1 Å². The van der Waals surface area contributed by atoms with Gasteiger partial charge in [-0.3, -0.25) is 14.4 Å². The summed E-state index contributed by atoms with van der Waals surface area (Å²) in [6.45, 7) is 2.30. The third-order valence-electron chi connectivity index (χ3n) is 5.28. The summed E-state index contributed by atoms with van der Waals surface area (Å²) in [5, 5.41) is 2.48. The maximum atomic E-state index is 13.3. The maximum absolute atomic E-state index is 13.3. The Morgan fingerprint density at radius 2 is 1.83 bits per heavy atom. The largest absolute Gasteiger partial charge is 0.326 e. The minimum atomic E-state index is -0.790. The Labute approximate surface area is 166 Å². The second kappa shape index (κ2) is 7.27. The quantitative estimate of drug-likeness (QED) is 0.863. The number of carbonyl (C=O) groups is 3.